The van der Waals surface area contributed by atoms with E-state index in [-0.39, 0.29) is 0 Å². The summed E-state index contributed by atoms with van der Waals surface area (Å²) in [6.45, 7) is 9.93. The predicted octanol–water partition coefficient (Wildman–Crippen LogP) is 3.02. The smallest absolute Gasteiger partial charge is 0.0262 e. The van der Waals surface area contributed by atoms with Gasteiger partial charge < -0.3 is 5.32 Å². The molecule has 0 amide bonds. The lowest BCUT2D eigenvalue weighted by Crippen LogP contribution is -2.18. The Hall–Kier alpha value is -0.980. The van der Waals surface area contributed by atoms with E-state index in [1.165, 1.54) is 5.57 Å². The first-order valence-corrected chi connectivity index (χ1v) is 4.37. The van der Waals surface area contributed by atoms with E-state index in [0.29, 0.717) is 6.04 Å². The van der Waals surface area contributed by atoms with Crippen LogP contribution in [0.5, 0.6) is 0 Å². The number of hydrogen-bond acceptors (Lipinski definition) is 1. The Morgan fingerprint density at radius 2 is 2.25 bits per heavy atom. The van der Waals surface area contributed by atoms with Gasteiger partial charge >= 0.3 is 0 Å². The molecule has 1 heteroatoms. The van der Waals surface area contributed by atoms with Gasteiger partial charge in [-0.05, 0) is 33.4 Å². The van der Waals surface area contributed by atoms with Crippen LogP contribution in [0.4, 0.5) is 0 Å². The van der Waals surface area contributed by atoms with E-state index in [2.05, 4.69) is 31.8 Å². The molecule has 0 aliphatic heterocycles. The van der Waals surface area contributed by atoms with E-state index in [0.717, 1.165) is 6.42 Å². The molecule has 1 N–H and O–H groups in total. The second kappa shape index (κ2) is 6.71. The van der Waals surface area contributed by atoms with Gasteiger partial charge in [-0.3, -0.25) is 0 Å². The highest BCUT2D eigenvalue weighted by Gasteiger charge is 1.93. The summed E-state index contributed by atoms with van der Waals surface area (Å²) in [5.74, 6) is 0. The second-order valence-corrected chi connectivity index (χ2v) is 2.96. The second-order valence-electron chi connectivity index (χ2n) is 2.96. The summed E-state index contributed by atoms with van der Waals surface area (Å²) in [5.41, 5.74) is 1.24. The minimum Gasteiger partial charge on any atom is -0.388 e. The molecule has 0 radical (unpaired) electrons. The topological polar surface area (TPSA) is 12.0 Å². The molecule has 1 atom stereocenters. The van der Waals surface area contributed by atoms with E-state index < -0.39 is 0 Å². The summed E-state index contributed by atoms with van der Waals surface area (Å²) < 4.78 is 0. The Morgan fingerprint density at radius 1 is 1.58 bits per heavy atom. The van der Waals surface area contributed by atoms with Crippen molar-refractivity contribution in [2.75, 3.05) is 0 Å². The fraction of sp³-hybridized carbons (Fsp3) is 0.455. The third-order valence-corrected chi connectivity index (χ3v) is 1.66. The number of nitrogens with one attached hydrogen (secondary N) is 1. The van der Waals surface area contributed by atoms with Crippen LogP contribution in [0.2, 0.25) is 0 Å². The SMILES string of the molecule is C=C/C(C)=C\CC(C)N/C=C/C. The molecule has 1 unspecified atom stereocenters. The molecule has 0 aromatic heterocycles. The lowest BCUT2D eigenvalue weighted by Gasteiger charge is -2.08. The first-order chi connectivity index (χ1) is 5.70. The van der Waals surface area contributed by atoms with Crippen LogP contribution in [-0.4, -0.2) is 6.04 Å². The van der Waals surface area contributed by atoms with Gasteiger partial charge in [0.25, 0.3) is 0 Å². The molecule has 68 valence electrons. The third-order valence-electron chi connectivity index (χ3n) is 1.66. The van der Waals surface area contributed by atoms with Gasteiger partial charge in [0.15, 0.2) is 0 Å². The maximum atomic E-state index is 3.70. The van der Waals surface area contributed by atoms with Crippen molar-refractivity contribution in [3.05, 3.63) is 36.6 Å². The van der Waals surface area contributed by atoms with E-state index in [1.54, 1.807) is 0 Å². The Balaban J connectivity index is 3.69. The molecule has 0 aliphatic carbocycles. The monoisotopic (exact) mass is 165 g/mol. The maximum absolute atomic E-state index is 3.70. The number of hydrogen-bond donors (Lipinski definition) is 1. The minimum atomic E-state index is 0.496. The van der Waals surface area contributed by atoms with Gasteiger partial charge in [-0.25, -0.2) is 0 Å². The van der Waals surface area contributed by atoms with Crippen LogP contribution in [0.1, 0.15) is 27.2 Å². The molecule has 0 spiro atoms. The first-order valence-electron chi connectivity index (χ1n) is 4.37. The first kappa shape index (κ1) is 11.0. The van der Waals surface area contributed by atoms with Gasteiger partial charge in [0.05, 0.1) is 0 Å². The van der Waals surface area contributed by atoms with Crippen LogP contribution in [0.3, 0.4) is 0 Å². The average molecular weight is 165 g/mol. The summed E-state index contributed by atoms with van der Waals surface area (Å²) in [6.07, 6.45) is 9.08. The Morgan fingerprint density at radius 3 is 2.75 bits per heavy atom. The Kier molecular flexibility index (Phi) is 6.16. The lowest BCUT2D eigenvalue weighted by molar-refractivity contribution is 0.647. The Labute approximate surface area is 75.9 Å². The highest BCUT2D eigenvalue weighted by Crippen LogP contribution is 1.99. The van der Waals surface area contributed by atoms with E-state index in [4.69, 9.17) is 0 Å². The van der Waals surface area contributed by atoms with Gasteiger partial charge in [-0.1, -0.05) is 30.4 Å². The molecule has 0 aromatic rings. The van der Waals surface area contributed by atoms with Gasteiger partial charge in [0, 0.05) is 6.04 Å². The van der Waals surface area contributed by atoms with E-state index in [9.17, 15) is 0 Å². The summed E-state index contributed by atoms with van der Waals surface area (Å²) in [7, 11) is 0. The molecule has 0 saturated heterocycles. The van der Waals surface area contributed by atoms with Crippen molar-refractivity contribution in [1.82, 2.24) is 5.32 Å². The van der Waals surface area contributed by atoms with Crippen molar-refractivity contribution in [1.29, 1.82) is 0 Å². The van der Waals surface area contributed by atoms with Crippen LogP contribution in [-0.2, 0) is 0 Å². The molecule has 0 saturated carbocycles. The lowest BCUT2D eigenvalue weighted by atomic mass is 10.1. The highest BCUT2D eigenvalue weighted by atomic mass is 14.9. The molecule has 0 aliphatic rings. The van der Waals surface area contributed by atoms with E-state index >= 15 is 0 Å². The van der Waals surface area contributed by atoms with Crippen molar-refractivity contribution >= 4 is 0 Å². The summed E-state index contributed by atoms with van der Waals surface area (Å²) in [4.78, 5) is 0. The fourth-order valence-electron chi connectivity index (χ4n) is 0.775. The zero-order chi connectivity index (χ0) is 9.40. The van der Waals surface area contributed by atoms with Crippen LogP contribution in [0.25, 0.3) is 0 Å². The molecule has 1 nitrogen and oxygen atoms in total. The molecule has 0 fully saturated rings. The van der Waals surface area contributed by atoms with Crippen molar-refractivity contribution in [2.45, 2.75) is 33.2 Å². The van der Waals surface area contributed by atoms with E-state index in [1.807, 2.05) is 25.3 Å². The molecule has 0 heterocycles. The van der Waals surface area contributed by atoms with Crippen LogP contribution < -0.4 is 5.32 Å². The van der Waals surface area contributed by atoms with Crippen LogP contribution >= 0.6 is 0 Å². The maximum Gasteiger partial charge on any atom is 0.0262 e. The van der Waals surface area contributed by atoms with Gasteiger partial charge in [-0.15, -0.1) is 0 Å². The highest BCUT2D eigenvalue weighted by molar-refractivity contribution is 5.12. The number of rotatable bonds is 5. The van der Waals surface area contributed by atoms with Crippen molar-refractivity contribution < 1.29 is 0 Å². The van der Waals surface area contributed by atoms with Crippen LogP contribution in [0, 0.1) is 0 Å². The molecule has 0 rings (SSSR count). The van der Waals surface area contributed by atoms with Gasteiger partial charge in [-0.2, -0.15) is 0 Å². The zero-order valence-electron chi connectivity index (χ0n) is 8.30. The van der Waals surface area contributed by atoms with Crippen molar-refractivity contribution in [3.8, 4) is 0 Å². The Bertz CT molecular complexity index is 177. The van der Waals surface area contributed by atoms with Crippen LogP contribution in [0.15, 0.2) is 36.6 Å². The standard InChI is InChI=1S/C11H19N/c1-5-9-12-11(4)8-7-10(3)6-2/h5-7,9,11-12H,2,8H2,1,3-4H3/b9-5+,10-7-. The summed E-state index contributed by atoms with van der Waals surface area (Å²) in [6, 6.07) is 0.496. The molecule has 12 heavy (non-hydrogen) atoms. The van der Waals surface area contributed by atoms with Crippen molar-refractivity contribution in [3.63, 3.8) is 0 Å². The quantitative estimate of drug-likeness (QED) is 0.617. The molecular formula is C11H19N. The predicted molar refractivity (Wildman–Crippen MR) is 56.0 cm³/mol. The molecule has 0 aromatic carbocycles. The summed E-state index contributed by atoms with van der Waals surface area (Å²) in [5, 5.41) is 3.25. The normalized spacial score (nSPS) is 14.8. The molecular weight excluding hydrogens is 146 g/mol. The minimum absolute atomic E-state index is 0.496. The average Bonchev–Trinajstić information content (AvgIpc) is 2.10. The largest absolute Gasteiger partial charge is 0.388 e. The summed E-state index contributed by atoms with van der Waals surface area (Å²) >= 11 is 0. The van der Waals surface area contributed by atoms with Crippen molar-refractivity contribution in [2.24, 2.45) is 0 Å². The fourth-order valence-corrected chi connectivity index (χ4v) is 0.775. The number of allylic oxidation sites excluding steroid dienone is 3. The van der Waals surface area contributed by atoms with Gasteiger partial charge in [0.2, 0.25) is 0 Å². The third kappa shape index (κ3) is 5.78. The zero-order valence-corrected chi connectivity index (χ0v) is 8.30. The molecule has 0 bridgehead atoms. The van der Waals surface area contributed by atoms with Gasteiger partial charge in [0.1, 0.15) is 0 Å².